The molecule has 0 saturated heterocycles. The number of aromatic nitrogens is 3. The SMILES string of the molecule is COc1cc(NC(=O)c2cc(-c3cn(C)nc3C)nc3ccccc23)cc(S(=O)(=O)c2ccc(Cl)cc2)c1. The largest absolute Gasteiger partial charge is 0.497 e. The van der Waals surface area contributed by atoms with Crippen LogP contribution in [0.25, 0.3) is 22.2 Å². The van der Waals surface area contributed by atoms with Crippen LogP contribution in [-0.2, 0) is 16.9 Å². The third kappa shape index (κ3) is 4.85. The number of sulfone groups is 1. The summed E-state index contributed by atoms with van der Waals surface area (Å²) in [5.74, 6) is -0.143. The standard InChI is InChI=1S/C28H23ClN4O4S/c1-17-25(16-33(2)32-17)27-15-24(23-6-4-5-7-26(23)31-27)28(34)30-19-12-20(37-3)14-22(13-19)38(35,36)21-10-8-18(29)9-11-21/h4-16H,1-3H3,(H,30,34). The topological polar surface area (TPSA) is 103 Å². The first-order chi connectivity index (χ1) is 18.2. The first-order valence-corrected chi connectivity index (χ1v) is 13.4. The highest BCUT2D eigenvalue weighted by Gasteiger charge is 2.21. The molecule has 1 N–H and O–H groups in total. The fourth-order valence-corrected chi connectivity index (χ4v) is 5.66. The molecule has 0 fully saturated rings. The van der Waals surface area contributed by atoms with E-state index in [1.807, 2.05) is 44.4 Å². The number of carbonyl (C=O) groups is 1. The number of methoxy groups -OCH3 is 1. The Kier molecular flexibility index (Phi) is 6.64. The zero-order valence-electron chi connectivity index (χ0n) is 20.8. The van der Waals surface area contributed by atoms with Crippen molar-refractivity contribution in [2.24, 2.45) is 7.05 Å². The number of para-hydroxylation sites is 1. The highest BCUT2D eigenvalue weighted by molar-refractivity contribution is 7.91. The third-order valence-electron chi connectivity index (χ3n) is 6.06. The Balaban J connectivity index is 1.57. The van der Waals surface area contributed by atoms with E-state index in [1.54, 1.807) is 16.8 Å². The fourth-order valence-electron chi connectivity index (χ4n) is 4.22. The number of benzene rings is 3. The van der Waals surface area contributed by atoms with Crippen LogP contribution >= 0.6 is 11.6 Å². The van der Waals surface area contributed by atoms with Crippen LogP contribution in [0, 0.1) is 6.92 Å². The Labute approximate surface area is 224 Å². The van der Waals surface area contributed by atoms with Gasteiger partial charge in [-0.25, -0.2) is 13.4 Å². The molecule has 0 saturated carbocycles. The summed E-state index contributed by atoms with van der Waals surface area (Å²) in [7, 11) is -0.648. The minimum Gasteiger partial charge on any atom is -0.497 e. The molecule has 192 valence electrons. The second-order valence-corrected chi connectivity index (χ2v) is 11.1. The number of nitrogens with one attached hydrogen (secondary N) is 1. The van der Waals surface area contributed by atoms with Gasteiger partial charge in [-0.1, -0.05) is 29.8 Å². The van der Waals surface area contributed by atoms with Gasteiger partial charge in [0.1, 0.15) is 5.75 Å². The van der Waals surface area contributed by atoms with Gasteiger partial charge in [-0.3, -0.25) is 9.48 Å². The average Bonchev–Trinajstić information content (AvgIpc) is 3.25. The summed E-state index contributed by atoms with van der Waals surface area (Å²) in [6.07, 6.45) is 1.85. The zero-order valence-corrected chi connectivity index (χ0v) is 22.3. The zero-order chi connectivity index (χ0) is 27.0. The Morgan fingerprint density at radius 1 is 1.00 bits per heavy atom. The van der Waals surface area contributed by atoms with Gasteiger partial charge in [0.05, 0.1) is 39.4 Å². The maximum absolute atomic E-state index is 13.6. The molecule has 2 aromatic heterocycles. The third-order valence-corrected chi connectivity index (χ3v) is 8.06. The molecule has 5 aromatic rings. The van der Waals surface area contributed by atoms with Crippen LogP contribution in [0.2, 0.25) is 5.02 Å². The predicted molar refractivity (Wildman–Crippen MR) is 147 cm³/mol. The first-order valence-electron chi connectivity index (χ1n) is 11.6. The lowest BCUT2D eigenvalue weighted by Crippen LogP contribution is -2.14. The van der Waals surface area contributed by atoms with Crippen molar-refractivity contribution in [1.29, 1.82) is 0 Å². The molecule has 8 nitrogen and oxygen atoms in total. The summed E-state index contributed by atoms with van der Waals surface area (Å²) in [6, 6.07) is 19.3. The van der Waals surface area contributed by atoms with Gasteiger partial charge in [-0.2, -0.15) is 5.10 Å². The summed E-state index contributed by atoms with van der Waals surface area (Å²) < 4.78 is 33.6. The van der Waals surface area contributed by atoms with Crippen molar-refractivity contribution in [2.45, 2.75) is 16.7 Å². The normalized spacial score (nSPS) is 11.5. The van der Waals surface area contributed by atoms with Gasteiger partial charge in [0.15, 0.2) is 0 Å². The molecule has 0 radical (unpaired) electrons. The molecule has 0 aliphatic heterocycles. The molecule has 10 heteroatoms. The second kappa shape index (κ2) is 9.92. The van der Waals surface area contributed by atoms with E-state index in [4.69, 9.17) is 21.3 Å². The van der Waals surface area contributed by atoms with Crippen molar-refractivity contribution in [3.05, 3.63) is 95.3 Å². The lowest BCUT2D eigenvalue weighted by atomic mass is 10.0. The van der Waals surface area contributed by atoms with E-state index in [9.17, 15) is 13.2 Å². The van der Waals surface area contributed by atoms with Gasteiger partial charge in [0.25, 0.3) is 5.91 Å². The molecule has 0 unspecified atom stereocenters. The van der Waals surface area contributed by atoms with E-state index in [2.05, 4.69) is 10.4 Å². The van der Waals surface area contributed by atoms with Gasteiger partial charge in [0.2, 0.25) is 9.84 Å². The minimum atomic E-state index is -3.90. The molecule has 1 amide bonds. The molecular weight excluding hydrogens is 524 g/mol. The van der Waals surface area contributed by atoms with Crippen LogP contribution in [0.3, 0.4) is 0 Å². The summed E-state index contributed by atoms with van der Waals surface area (Å²) in [5.41, 5.74) is 3.50. The first kappa shape index (κ1) is 25.4. The molecular formula is C28H23ClN4O4S. The van der Waals surface area contributed by atoms with Crippen molar-refractivity contribution in [2.75, 3.05) is 12.4 Å². The Morgan fingerprint density at radius 3 is 2.42 bits per heavy atom. The van der Waals surface area contributed by atoms with E-state index in [-0.39, 0.29) is 21.2 Å². The molecule has 3 aromatic carbocycles. The summed E-state index contributed by atoms with van der Waals surface area (Å²) in [6.45, 7) is 1.88. The highest BCUT2D eigenvalue weighted by atomic mass is 35.5. The monoisotopic (exact) mass is 546 g/mol. The number of aryl methyl sites for hydroxylation is 2. The second-order valence-electron chi connectivity index (χ2n) is 8.68. The van der Waals surface area contributed by atoms with Crippen molar-refractivity contribution in [1.82, 2.24) is 14.8 Å². The molecule has 0 aliphatic carbocycles. The molecule has 0 bridgehead atoms. The maximum atomic E-state index is 13.6. The number of carbonyl (C=O) groups excluding carboxylic acids is 1. The van der Waals surface area contributed by atoms with Crippen molar-refractivity contribution < 1.29 is 17.9 Å². The van der Waals surface area contributed by atoms with Gasteiger partial charge in [-0.15, -0.1) is 0 Å². The molecule has 38 heavy (non-hydrogen) atoms. The number of halogens is 1. The predicted octanol–water partition coefficient (Wildman–Crippen LogP) is 5.69. The summed E-state index contributed by atoms with van der Waals surface area (Å²) in [5, 5.41) is 8.32. The van der Waals surface area contributed by atoms with E-state index >= 15 is 0 Å². The number of fused-ring (bicyclic) bond motifs is 1. The van der Waals surface area contributed by atoms with Crippen molar-refractivity contribution in [3.63, 3.8) is 0 Å². The lowest BCUT2D eigenvalue weighted by Gasteiger charge is -2.13. The Hall–Kier alpha value is -4.21. The number of rotatable bonds is 6. The Morgan fingerprint density at radius 2 is 1.74 bits per heavy atom. The fraction of sp³-hybridized carbons (Fsp3) is 0.107. The van der Waals surface area contributed by atoms with Crippen LogP contribution in [-0.4, -0.2) is 36.2 Å². The van der Waals surface area contributed by atoms with Crippen LogP contribution < -0.4 is 10.1 Å². The van der Waals surface area contributed by atoms with Crippen LogP contribution in [0.15, 0.2) is 88.8 Å². The number of pyridine rings is 1. The van der Waals surface area contributed by atoms with Crippen LogP contribution in [0.4, 0.5) is 5.69 Å². The minimum absolute atomic E-state index is 0.0271. The van der Waals surface area contributed by atoms with Crippen molar-refractivity contribution in [3.8, 4) is 17.0 Å². The Bertz CT molecular complexity index is 1800. The van der Waals surface area contributed by atoms with E-state index in [0.717, 1.165) is 11.3 Å². The summed E-state index contributed by atoms with van der Waals surface area (Å²) >= 11 is 5.93. The molecule has 0 atom stereocenters. The number of amides is 1. The summed E-state index contributed by atoms with van der Waals surface area (Å²) in [4.78, 5) is 18.4. The van der Waals surface area contributed by atoms with Gasteiger partial charge in [-0.05, 0) is 55.5 Å². The van der Waals surface area contributed by atoms with Crippen molar-refractivity contribution >= 4 is 43.9 Å². The number of nitrogens with zero attached hydrogens (tertiary/aromatic N) is 3. The lowest BCUT2D eigenvalue weighted by molar-refractivity contribution is 0.102. The molecule has 0 spiro atoms. The molecule has 0 aliphatic rings. The molecule has 2 heterocycles. The van der Waals surface area contributed by atoms with Gasteiger partial charge in [0, 0.05) is 41.0 Å². The number of hydrogen-bond acceptors (Lipinski definition) is 6. The number of anilines is 1. The number of ether oxygens (including phenoxy) is 1. The van der Waals surface area contributed by atoms with E-state index in [0.29, 0.717) is 27.2 Å². The quantitative estimate of drug-likeness (QED) is 0.293. The smallest absolute Gasteiger partial charge is 0.256 e. The molecule has 5 rings (SSSR count). The van der Waals surface area contributed by atoms with Gasteiger partial charge >= 0.3 is 0 Å². The van der Waals surface area contributed by atoms with Crippen LogP contribution in [0.5, 0.6) is 5.75 Å². The average molecular weight is 547 g/mol. The van der Waals surface area contributed by atoms with E-state index in [1.165, 1.54) is 43.5 Å². The highest BCUT2D eigenvalue weighted by Crippen LogP contribution is 2.31. The van der Waals surface area contributed by atoms with Gasteiger partial charge < -0.3 is 10.1 Å². The van der Waals surface area contributed by atoms with E-state index < -0.39 is 15.7 Å². The number of hydrogen-bond donors (Lipinski definition) is 1. The van der Waals surface area contributed by atoms with Crippen LogP contribution in [0.1, 0.15) is 16.1 Å². The maximum Gasteiger partial charge on any atom is 0.256 e.